The van der Waals surface area contributed by atoms with Gasteiger partial charge in [-0.05, 0) is 44.5 Å². The first-order chi connectivity index (χ1) is 8.86. The number of pyridine rings is 1. The molecule has 1 aromatic heterocycles. The summed E-state index contributed by atoms with van der Waals surface area (Å²) in [5.41, 5.74) is 7.19. The van der Waals surface area contributed by atoms with Crippen LogP contribution >= 0.6 is 0 Å². The Bertz CT molecular complexity index is 337. The van der Waals surface area contributed by atoms with Crippen LogP contribution in [0.5, 0.6) is 0 Å². The Morgan fingerprint density at radius 3 is 3.00 bits per heavy atom. The number of piperidine rings is 1. The van der Waals surface area contributed by atoms with E-state index in [1.807, 2.05) is 12.3 Å². The normalized spacial score (nSPS) is 22.9. The fourth-order valence-corrected chi connectivity index (χ4v) is 3.11. The molecule has 1 aliphatic heterocycles. The van der Waals surface area contributed by atoms with Gasteiger partial charge in [-0.1, -0.05) is 19.4 Å². The van der Waals surface area contributed by atoms with E-state index in [1.165, 1.54) is 38.8 Å². The maximum atomic E-state index is 6.03. The molecule has 0 bridgehead atoms. The molecule has 0 saturated carbocycles. The molecule has 2 rings (SSSR count). The van der Waals surface area contributed by atoms with E-state index in [1.54, 1.807) is 0 Å². The van der Waals surface area contributed by atoms with Crippen molar-refractivity contribution < 1.29 is 0 Å². The third kappa shape index (κ3) is 3.09. The number of hydrogen-bond donors (Lipinski definition) is 1. The van der Waals surface area contributed by atoms with Crippen molar-refractivity contribution >= 4 is 0 Å². The van der Waals surface area contributed by atoms with E-state index in [0.717, 1.165) is 5.69 Å². The van der Waals surface area contributed by atoms with Gasteiger partial charge in [0.1, 0.15) is 0 Å². The Morgan fingerprint density at radius 2 is 2.33 bits per heavy atom. The SMILES string of the molecule is CCCN1CCCCC1C(CN)c1ccccn1. The molecule has 3 nitrogen and oxygen atoms in total. The smallest absolute Gasteiger partial charge is 0.0462 e. The molecule has 0 spiro atoms. The molecular formula is C15H25N3. The summed E-state index contributed by atoms with van der Waals surface area (Å²) in [5.74, 6) is 0.387. The summed E-state index contributed by atoms with van der Waals surface area (Å²) >= 11 is 0. The summed E-state index contributed by atoms with van der Waals surface area (Å²) in [6.07, 6.45) is 7.02. The Labute approximate surface area is 110 Å². The Morgan fingerprint density at radius 1 is 1.44 bits per heavy atom. The van der Waals surface area contributed by atoms with Crippen LogP contribution in [0.25, 0.3) is 0 Å². The second kappa shape index (κ2) is 6.86. The fourth-order valence-electron chi connectivity index (χ4n) is 3.11. The number of hydrogen-bond acceptors (Lipinski definition) is 3. The van der Waals surface area contributed by atoms with Crippen LogP contribution in [0.4, 0.5) is 0 Å². The Balaban J connectivity index is 2.14. The van der Waals surface area contributed by atoms with Crippen molar-refractivity contribution in [1.29, 1.82) is 0 Å². The minimum Gasteiger partial charge on any atom is -0.330 e. The average molecular weight is 247 g/mol. The third-order valence-corrected chi connectivity index (χ3v) is 3.96. The lowest BCUT2D eigenvalue weighted by Crippen LogP contribution is -2.45. The first kappa shape index (κ1) is 13.5. The molecule has 1 aliphatic rings. The molecule has 2 atom stereocenters. The highest BCUT2D eigenvalue weighted by Gasteiger charge is 2.30. The van der Waals surface area contributed by atoms with Crippen molar-refractivity contribution in [2.24, 2.45) is 5.73 Å². The average Bonchev–Trinajstić information content (AvgIpc) is 2.43. The maximum absolute atomic E-state index is 6.03. The first-order valence-corrected chi connectivity index (χ1v) is 7.21. The Hall–Kier alpha value is -0.930. The highest BCUT2D eigenvalue weighted by atomic mass is 15.2. The van der Waals surface area contributed by atoms with E-state index in [-0.39, 0.29) is 0 Å². The molecule has 2 heterocycles. The minimum atomic E-state index is 0.387. The number of nitrogens with zero attached hydrogens (tertiary/aromatic N) is 2. The van der Waals surface area contributed by atoms with Crippen LogP contribution in [-0.2, 0) is 0 Å². The lowest BCUT2D eigenvalue weighted by Gasteiger charge is -2.39. The van der Waals surface area contributed by atoms with Crippen LogP contribution in [0.2, 0.25) is 0 Å². The lowest BCUT2D eigenvalue weighted by molar-refractivity contribution is 0.125. The maximum Gasteiger partial charge on any atom is 0.0462 e. The van der Waals surface area contributed by atoms with Crippen molar-refractivity contribution in [3.8, 4) is 0 Å². The molecule has 18 heavy (non-hydrogen) atoms. The molecule has 0 aliphatic carbocycles. The van der Waals surface area contributed by atoms with Gasteiger partial charge < -0.3 is 5.73 Å². The largest absolute Gasteiger partial charge is 0.330 e. The molecular weight excluding hydrogens is 222 g/mol. The van der Waals surface area contributed by atoms with Crippen LogP contribution < -0.4 is 5.73 Å². The molecule has 1 fully saturated rings. The van der Waals surface area contributed by atoms with Gasteiger partial charge in [0.2, 0.25) is 0 Å². The fraction of sp³-hybridized carbons (Fsp3) is 0.667. The van der Waals surface area contributed by atoms with Gasteiger partial charge >= 0.3 is 0 Å². The molecule has 1 aromatic rings. The van der Waals surface area contributed by atoms with Gasteiger partial charge in [0, 0.05) is 30.4 Å². The van der Waals surface area contributed by atoms with Crippen molar-refractivity contribution in [2.75, 3.05) is 19.6 Å². The van der Waals surface area contributed by atoms with Gasteiger partial charge in [-0.2, -0.15) is 0 Å². The van der Waals surface area contributed by atoms with Gasteiger partial charge in [0.15, 0.2) is 0 Å². The number of aromatic nitrogens is 1. The van der Waals surface area contributed by atoms with E-state index < -0.39 is 0 Å². The van der Waals surface area contributed by atoms with Crippen LogP contribution in [0.15, 0.2) is 24.4 Å². The number of likely N-dealkylation sites (tertiary alicyclic amines) is 1. The summed E-state index contributed by atoms with van der Waals surface area (Å²) < 4.78 is 0. The summed E-state index contributed by atoms with van der Waals surface area (Å²) in [7, 11) is 0. The zero-order valence-corrected chi connectivity index (χ0v) is 11.4. The van der Waals surface area contributed by atoms with Crippen LogP contribution in [0.1, 0.15) is 44.2 Å². The van der Waals surface area contributed by atoms with Crippen LogP contribution in [0, 0.1) is 0 Å². The summed E-state index contributed by atoms with van der Waals surface area (Å²) in [6, 6.07) is 6.74. The van der Waals surface area contributed by atoms with E-state index >= 15 is 0 Å². The lowest BCUT2D eigenvalue weighted by atomic mass is 9.87. The predicted octanol–water partition coefficient (Wildman–Crippen LogP) is 2.39. The zero-order valence-electron chi connectivity index (χ0n) is 11.4. The van der Waals surface area contributed by atoms with E-state index in [9.17, 15) is 0 Å². The molecule has 1 saturated heterocycles. The monoisotopic (exact) mass is 247 g/mol. The van der Waals surface area contributed by atoms with Gasteiger partial charge in [0.25, 0.3) is 0 Å². The first-order valence-electron chi connectivity index (χ1n) is 7.21. The van der Waals surface area contributed by atoms with Crippen molar-refractivity contribution in [3.05, 3.63) is 30.1 Å². The Kier molecular flexibility index (Phi) is 5.14. The van der Waals surface area contributed by atoms with E-state index in [0.29, 0.717) is 18.5 Å². The zero-order chi connectivity index (χ0) is 12.8. The van der Waals surface area contributed by atoms with Gasteiger partial charge in [0.05, 0.1) is 0 Å². The van der Waals surface area contributed by atoms with Gasteiger partial charge in [-0.3, -0.25) is 9.88 Å². The molecule has 0 radical (unpaired) electrons. The van der Waals surface area contributed by atoms with Gasteiger partial charge in [-0.15, -0.1) is 0 Å². The molecule has 0 amide bonds. The van der Waals surface area contributed by atoms with Crippen LogP contribution in [0.3, 0.4) is 0 Å². The molecule has 0 aromatic carbocycles. The summed E-state index contributed by atoms with van der Waals surface area (Å²) in [4.78, 5) is 7.13. The van der Waals surface area contributed by atoms with E-state index in [2.05, 4.69) is 28.9 Å². The summed E-state index contributed by atoms with van der Waals surface area (Å²) in [6.45, 7) is 5.36. The second-order valence-corrected chi connectivity index (χ2v) is 5.20. The molecule has 3 heteroatoms. The second-order valence-electron chi connectivity index (χ2n) is 5.20. The van der Waals surface area contributed by atoms with Crippen LogP contribution in [-0.4, -0.2) is 35.6 Å². The number of nitrogens with two attached hydrogens (primary N) is 1. The van der Waals surface area contributed by atoms with Crippen molar-refractivity contribution in [2.45, 2.75) is 44.6 Å². The standard InChI is InChI=1S/C15H25N3/c1-2-10-18-11-6-4-8-15(18)13(12-16)14-7-3-5-9-17-14/h3,5,7,9,13,15H,2,4,6,8,10-12,16H2,1H3. The van der Waals surface area contributed by atoms with E-state index in [4.69, 9.17) is 5.73 Å². The summed E-state index contributed by atoms with van der Waals surface area (Å²) in [5, 5.41) is 0. The molecule has 2 N–H and O–H groups in total. The highest BCUT2D eigenvalue weighted by Crippen LogP contribution is 2.28. The quantitative estimate of drug-likeness (QED) is 0.868. The highest BCUT2D eigenvalue weighted by molar-refractivity contribution is 5.13. The van der Waals surface area contributed by atoms with Crippen molar-refractivity contribution in [1.82, 2.24) is 9.88 Å². The van der Waals surface area contributed by atoms with Crippen molar-refractivity contribution in [3.63, 3.8) is 0 Å². The third-order valence-electron chi connectivity index (χ3n) is 3.96. The predicted molar refractivity (Wildman–Crippen MR) is 75.5 cm³/mol. The molecule has 2 unspecified atom stereocenters. The topological polar surface area (TPSA) is 42.1 Å². The number of rotatable bonds is 5. The van der Waals surface area contributed by atoms with Gasteiger partial charge in [-0.25, -0.2) is 0 Å². The minimum absolute atomic E-state index is 0.387. The molecule has 100 valence electrons.